The highest BCUT2D eigenvalue weighted by Gasteiger charge is 2.30. The largest absolute Gasteiger partial charge is 0.472 e. The van der Waals surface area contributed by atoms with E-state index in [1.54, 1.807) is 0 Å². The Labute approximate surface area is 583 Å². The summed E-state index contributed by atoms with van der Waals surface area (Å²) in [6.45, 7) is 4.77. The number of rotatable bonds is 72. The summed E-state index contributed by atoms with van der Waals surface area (Å²) in [6, 6.07) is 0. The molecule has 0 aromatic heterocycles. The molecule has 96 heavy (non-hydrogen) atoms. The van der Waals surface area contributed by atoms with Crippen LogP contribution in [0.1, 0.15) is 336 Å². The summed E-state index contributed by atoms with van der Waals surface area (Å²) in [7, 11) is -9.95. The quantitative estimate of drug-likeness (QED) is 0.0169. The zero-order valence-electron chi connectivity index (χ0n) is 60.8. The minimum absolute atomic E-state index is 0.0852. The molecule has 5 atom stereocenters. The van der Waals surface area contributed by atoms with Gasteiger partial charge in [-0.05, 0) is 116 Å². The molecule has 0 spiro atoms. The van der Waals surface area contributed by atoms with Crippen LogP contribution in [0.5, 0.6) is 0 Å². The van der Waals surface area contributed by atoms with Crippen LogP contribution < -0.4 is 0 Å². The first-order valence-corrected chi connectivity index (χ1v) is 41.2. The summed E-state index contributed by atoms with van der Waals surface area (Å²) in [5, 5.41) is 10.6. The second-order valence-corrected chi connectivity index (χ2v) is 28.5. The van der Waals surface area contributed by atoms with Gasteiger partial charge < -0.3 is 33.8 Å². The predicted molar refractivity (Wildman–Crippen MR) is 390 cm³/mol. The number of carbonyl (C=O) groups is 4. The van der Waals surface area contributed by atoms with Gasteiger partial charge in [-0.1, -0.05) is 268 Å². The first-order chi connectivity index (χ1) is 46.7. The summed E-state index contributed by atoms with van der Waals surface area (Å²) in [5.74, 6) is -2.24. The number of hydrogen-bond acceptors (Lipinski definition) is 15. The zero-order valence-corrected chi connectivity index (χ0v) is 62.6. The molecule has 0 saturated heterocycles. The lowest BCUT2D eigenvalue weighted by Gasteiger charge is -2.21. The number of aliphatic hydroxyl groups is 1. The summed E-state index contributed by atoms with van der Waals surface area (Å²) in [5.41, 5.74) is 0. The smallest absolute Gasteiger partial charge is 0.462 e. The third kappa shape index (κ3) is 69.0. The highest BCUT2D eigenvalue weighted by atomic mass is 31.2. The van der Waals surface area contributed by atoms with Crippen molar-refractivity contribution in [2.75, 3.05) is 39.6 Å². The van der Waals surface area contributed by atoms with Gasteiger partial charge in [0, 0.05) is 25.7 Å². The molecule has 3 N–H and O–H groups in total. The van der Waals surface area contributed by atoms with E-state index in [2.05, 4.69) is 88.5 Å². The van der Waals surface area contributed by atoms with Crippen molar-refractivity contribution in [3.8, 4) is 0 Å². The Morgan fingerprint density at radius 3 is 0.865 bits per heavy atom. The minimum Gasteiger partial charge on any atom is -0.462 e. The predicted octanol–water partition coefficient (Wildman–Crippen LogP) is 21.7. The summed E-state index contributed by atoms with van der Waals surface area (Å²) in [4.78, 5) is 72.7. The molecule has 0 aliphatic heterocycles. The molecule has 0 aromatic rings. The number of allylic oxidation sites excluding steroid dienone is 12. The van der Waals surface area contributed by atoms with E-state index in [9.17, 15) is 43.2 Å². The van der Waals surface area contributed by atoms with Crippen molar-refractivity contribution in [3.63, 3.8) is 0 Å². The molecule has 19 heteroatoms. The van der Waals surface area contributed by atoms with E-state index < -0.39 is 97.5 Å². The van der Waals surface area contributed by atoms with Crippen molar-refractivity contribution in [3.05, 3.63) is 72.9 Å². The molecule has 0 amide bonds. The molecule has 0 aromatic carbocycles. The Bertz CT molecular complexity index is 2110. The SMILES string of the molecule is CCCCC/C=C\C/C=C\C/C=C\C/C=C\CCCC(=O)OC[C@H](COP(=O)(O)OC[C@@H](O)COP(=O)(O)OC[C@@H](COC(=O)CCCCCCC/C=C\CCCCCC)OC(=O)CCCCCCC/C=C\CCCCCC)OC(=O)CCCCCCCCCCCCCCC. The molecule has 0 fully saturated rings. The Kier molecular flexibility index (Phi) is 67.4. The molecule has 0 aliphatic rings. The lowest BCUT2D eigenvalue weighted by Crippen LogP contribution is -2.30. The van der Waals surface area contributed by atoms with Crippen molar-refractivity contribution in [1.82, 2.24) is 0 Å². The fourth-order valence-corrected chi connectivity index (χ4v) is 11.8. The van der Waals surface area contributed by atoms with Gasteiger partial charge in [-0.15, -0.1) is 0 Å². The van der Waals surface area contributed by atoms with Crippen LogP contribution in [0.2, 0.25) is 0 Å². The number of unbranched alkanes of at least 4 members (excludes halogenated alkanes) is 34. The second kappa shape index (κ2) is 70.0. The maximum Gasteiger partial charge on any atom is 0.472 e. The number of carbonyl (C=O) groups excluding carboxylic acids is 4. The molecule has 558 valence electrons. The lowest BCUT2D eigenvalue weighted by molar-refractivity contribution is -0.161. The van der Waals surface area contributed by atoms with E-state index in [1.807, 2.05) is 12.2 Å². The van der Waals surface area contributed by atoms with Gasteiger partial charge in [-0.2, -0.15) is 0 Å². The Hall–Kier alpha value is -3.50. The molecule has 0 rings (SSSR count). The van der Waals surface area contributed by atoms with Gasteiger partial charge in [0.2, 0.25) is 0 Å². The van der Waals surface area contributed by atoms with Crippen molar-refractivity contribution < 1.29 is 80.2 Å². The molecule has 0 heterocycles. The number of aliphatic hydroxyl groups excluding tert-OH is 1. The van der Waals surface area contributed by atoms with Crippen molar-refractivity contribution in [2.24, 2.45) is 0 Å². The molecule has 0 aliphatic carbocycles. The zero-order chi connectivity index (χ0) is 70.4. The number of phosphoric acid groups is 2. The van der Waals surface area contributed by atoms with Gasteiger partial charge in [-0.25, -0.2) is 9.13 Å². The fourth-order valence-electron chi connectivity index (χ4n) is 10.3. The van der Waals surface area contributed by atoms with Crippen LogP contribution in [0.3, 0.4) is 0 Å². The van der Waals surface area contributed by atoms with Crippen LogP contribution in [-0.4, -0.2) is 96.7 Å². The van der Waals surface area contributed by atoms with E-state index in [0.29, 0.717) is 32.1 Å². The van der Waals surface area contributed by atoms with Gasteiger partial charge >= 0.3 is 39.5 Å². The maximum absolute atomic E-state index is 13.1. The summed E-state index contributed by atoms with van der Waals surface area (Å²) in [6.07, 6.45) is 69.0. The van der Waals surface area contributed by atoms with E-state index in [-0.39, 0.29) is 25.7 Å². The monoisotopic (exact) mass is 1400 g/mol. The number of hydrogen-bond donors (Lipinski definition) is 3. The van der Waals surface area contributed by atoms with E-state index in [0.717, 1.165) is 128 Å². The van der Waals surface area contributed by atoms with Gasteiger partial charge in [0.1, 0.15) is 19.3 Å². The van der Waals surface area contributed by atoms with Gasteiger partial charge in [0.05, 0.1) is 26.4 Å². The van der Waals surface area contributed by atoms with Crippen LogP contribution in [0, 0.1) is 0 Å². The van der Waals surface area contributed by atoms with Crippen LogP contribution in [0.25, 0.3) is 0 Å². The van der Waals surface area contributed by atoms with Crippen LogP contribution in [0.15, 0.2) is 72.9 Å². The molecule has 17 nitrogen and oxygen atoms in total. The molecule has 0 saturated carbocycles. The lowest BCUT2D eigenvalue weighted by atomic mass is 10.0. The first kappa shape index (κ1) is 92.5. The Morgan fingerprint density at radius 1 is 0.292 bits per heavy atom. The average Bonchev–Trinajstić information content (AvgIpc) is 3.12. The summed E-state index contributed by atoms with van der Waals surface area (Å²) < 4.78 is 68.4. The number of phosphoric ester groups is 2. The molecular weight excluding hydrogens is 1260 g/mol. The fraction of sp³-hybridized carbons (Fsp3) is 0.792. The normalized spacial score (nSPS) is 14.4. The van der Waals surface area contributed by atoms with Crippen LogP contribution >= 0.6 is 15.6 Å². The van der Waals surface area contributed by atoms with Crippen LogP contribution in [-0.2, 0) is 65.4 Å². The van der Waals surface area contributed by atoms with Gasteiger partial charge in [0.15, 0.2) is 12.2 Å². The van der Waals surface area contributed by atoms with Crippen molar-refractivity contribution in [1.29, 1.82) is 0 Å². The summed E-state index contributed by atoms with van der Waals surface area (Å²) >= 11 is 0. The van der Waals surface area contributed by atoms with E-state index in [1.165, 1.54) is 122 Å². The third-order valence-electron chi connectivity index (χ3n) is 16.1. The highest BCUT2D eigenvalue weighted by Crippen LogP contribution is 2.45. The maximum atomic E-state index is 13.1. The molecule has 2 unspecified atom stereocenters. The third-order valence-corrected chi connectivity index (χ3v) is 18.0. The van der Waals surface area contributed by atoms with Crippen molar-refractivity contribution in [2.45, 2.75) is 354 Å². The second-order valence-electron chi connectivity index (χ2n) is 25.6. The van der Waals surface area contributed by atoms with E-state index >= 15 is 0 Å². The molecule has 0 radical (unpaired) electrons. The standard InChI is InChI=1S/C77H138O17P2/c1-5-9-13-17-21-25-29-33-34-35-36-40-42-46-50-54-58-62-75(80)88-68-73(94-77(82)64-60-56-52-48-44-39-32-28-24-20-16-12-8-4)70-92-96(85,86)90-66-71(78)65-89-95(83,84)91-69-72(93-76(81)63-59-55-51-47-43-38-31-27-23-19-15-11-7-3)67-87-74(79)61-57-53-49-45-41-37-30-26-22-18-14-10-6-2/h21,25-27,30-31,33-34,36,40,46,50,71-73,78H,5-20,22-24,28-29,32,35,37-39,41-45,47-49,51-70H2,1-4H3,(H,83,84)(H,85,86)/b25-21-,30-26-,31-27-,34-33-,40-36-,50-46-/t71-,72+,73+/m0/s1. The highest BCUT2D eigenvalue weighted by molar-refractivity contribution is 7.47. The van der Waals surface area contributed by atoms with Gasteiger partial charge in [-0.3, -0.25) is 37.3 Å². The number of esters is 4. The molecule has 0 bridgehead atoms. The van der Waals surface area contributed by atoms with Crippen molar-refractivity contribution >= 4 is 39.5 Å². The average molecular weight is 1400 g/mol. The van der Waals surface area contributed by atoms with Crippen LogP contribution in [0.4, 0.5) is 0 Å². The Balaban J connectivity index is 5.37. The number of ether oxygens (including phenoxy) is 4. The van der Waals surface area contributed by atoms with Gasteiger partial charge in [0.25, 0.3) is 0 Å². The Morgan fingerprint density at radius 2 is 0.521 bits per heavy atom. The first-order valence-electron chi connectivity index (χ1n) is 38.2. The van der Waals surface area contributed by atoms with E-state index in [4.69, 9.17) is 37.0 Å². The minimum atomic E-state index is -4.98. The molecular formula is C77H138O17P2. The topological polar surface area (TPSA) is 237 Å².